The van der Waals surface area contributed by atoms with Crippen LogP contribution in [-0.4, -0.2) is 57.5 Å². The quantitative estimate of drug-likeness (QED) is 0.144. The standard InChI is InChI=1S/C30H34N6O3S.C2H2/c1-6-23(9-7-8-14-36(22(4)37)15-16-38-5)29-35-27-28(32-19-33-30(27)40-29)34-24-11-13-26(20(2)17-24)39-25-12-10-21(3)31-18-25;1-2/h6-7,9-13,17-19H,8,14-16H2,1-5H3,(H,32,33,34);1-2H/b9-7-,23-6+;. The number of hydrogen-bond acceptors (Lipinski definition) is 9. The van der Waals surface area contributed by atoms with Crippen molar-refractivity contribution in [3.05, 3.63) is 77.3 Å². The Morgan fingerprint density at radius 1 is 1.12 bits per heavy atom. The smallest absolute Gasteiger partial charge is 0.219 e. The number of carbonyl (C=O) groups excluding carboxylic acids is 1. The van der Waals surface area contributed by atoms with Crippen molar-refractivity contribution in [2.45, 2.75) is 34.1 Å². The summed E-state index contributed by atoms with van der Waals surface area (Å²) in [5.41, 5.74) is 4.49. The third-order valence-electron chi connectivity index (χ3n) is 6.18. The summed E-state index contributed by atoms with van der Waals surface area (Å²) in [7, 11) is 1.64. The van der Waals surface area contributed by atoms with Gasteiger partial charge in [0.25, 0.3) is 0 Å². The van der Waals surface area contributed by atoms with E-state index in [1.165, 1.54) is 11.3 Å². The van der Waals surface area contributed by atoms with Gasteiger partial charge >= 0.3 is 0 Å². The molecule has 1 amide bonds. The van der Waals surface area contributed by atoms with Crippen LogP contribution >= 0.6 is 11.3 Å². The number of terminal acetylenes is 1. The van der Waals surface area contributed by atoms with Gasteiger partial charge in [0.15, 0.2) is 5.82 Å². The molecule has 4 rings (SSSR count). The highest BCUT2D eigenvalue weighted by molar-refractivity contribution is 7.19. The van der Waals surface area contributed by atoms with Gasteiger partial charge < -0.3 is 19.7 Å². The average molecular weight is 585 g/mol. The monoisotopic (exact) mass is 584 g/mol. The Hall–Kier alpha value is -4.59. The number of benzene rings is 1. The zero-order valence-electron chi connectivity index (χ0n) is 24.6. The highest BCUT2D eigenvalue weighted by Crippen LogP contribution is 2.32. The third kappa shape index (κ3) is 8.70. The molecule has 1 aromatic carbocycles. The molecule has 0 bridgehead atoms. The van der Waals surface area contributed by atoms with E-state index in [0.29, 0.717) is 36.8 Å². The Morgan fingerprint density at radius 3 is 2.60 bits per heavy atom. The first-order valence-corrected chi connectivity index (χ1v) is 14.2. The SMILES string of the molecule is C#C.C/C=C(\C=C/CCN(CCOC)C(C)=O)c1nc2c(Nc3ccc(Oc4ccc(C)nc4)c(C)c3)ncnc2s1. The summed E-state index contributed by atoms with van der Waals surface area (Å²) in [6, 6.07) is 9.71. The highest BCUT2D eigenvalue weighted by Gasteiger charge is 2.14. The fourth-order valence-electron chi connectivity index (χ4n) is 3.95. The lowest BCUT2D eigenvalue weighted by Crippen LogP contribution is -2.32. The van der Waals surface area contributed by atoms with E-state index in [4.69, 9.17) is 14.5 Å². The fraction of sp³-hybridized carbons (Fsp3) is 0.281. The van der Waals surface area contributed by atoms with Crippen molar-refractivity contribution in [3.63, 3.8) is 0 Å². The number of aryl methyl sites for hydroxylation is 2. The van der Waals surface area contributed by atoms with Crippen LogP contribution in [0.25, 0.3) is 15.9 Å². The molecule has 1 N–H and O–H groups in total. The molecule has 42 heavy (non-hydrogen) atoms. The van der Waals surface area contributed by atoms with Gasteiger partial charge in [-0.3, -0.25) is 9.78 Å². The number of pyridine rings is 1. The van der Waals surface area contributed by atoms with Crippen molar-refractivity contribution in [1.29, 1.82) is 0 Å². The normalized spacial score (nSPS) is 11.3. The minimum Gasteiger partial charge on any atom is -0.455 e. The summed E-state index contributed by atoms with van der Waals surface area (Å²) in [4.78, 5) is 32.5. The van der Waals surface area contributed by atoms with Crippen LogP contribution in [0.2, 0.25) is 0 Å². The van der Waals surface area contributed by atoms with Crippen LogP contribution in [-0.2, 0) is 9.53 Å². The lowest BCUT2D eigenvalue weighted by molar-refractivity contribution is -0.129. The lowest BCUT2D eigenvalue weighted by Gasteiger charge is -2.19. The number of nitrogens with zero attached hydrogens (tertiary/aromatic N) is 5. The number of aromatic nitrogens is 4. The number of fused-ring (bicyclic) bond motifs is 1. The molecule has 10 heteroatoms. The third-order valence-corrected chi connectivity index (χ3v) is 7.19. The number of allylic oxidation sites excluding steroid dienone is 3. The maximum absolute atomic E-state index is 11.8. The van der Waals surface area contributed by atoms with Crippen LogP contribution in [0, 0.1) is 26.7 Å². The van der Waals surface area contributed by atoms with Gasteiger partial charge in [-0.05, 0) is 63.1 Å². The van der Waals surface area contributed by atoms with Crippen molar-refractivity contribution in [2.75, 3.05) is 32.1 Å². The molecule has 0 unspecified atom stereocenters. The molecule has 218 valence electrons. The fourth-order valence-corrected chi connectivity index (χ4v) is 4.91. The second-order valence-electron chi connectivity index (χ2n) is 9.17. The van der Waals surface area contributed by atoms with Gasteiger partial charge in [0.2, 0.25) is 5.91 Å². The van der Waals surface area contributed by atoms with Crippen molar-refractivity contribution in [1.82, 2.24) is 24.8 Å². The molecule has 0 aliphatic carbocycles. The van der Waals surface area contributed by atoms with E-state index < -0.39 is 0 Å². The van der Waals surface area contributed by atoms with E-state index in [2.05, 4.69) is 39.2 Å². The van der Waals surface area contributed by atoms with Gasteiger partial charge in [0.1, 0.15) is 33.2 Å². The van der Waals surface area contributed by atoms with E-state index in [0.717, 1.165) is 44.5 Å². The van der Waals surface area contributed by atoms with Crippen LogP contribution in [0.1, 0.15) is 36.5 Å². The number of anilines is 2. The molecule has 0 fully saturated rings. The summed E-state index contributed by atoms with van der Waals surface area (Å²) >= 11 is 1.51. The van der Waals surface area contributed by atoms with Gasteiger partial charge in [0.05, 0.1) is 12.8 Å². The van der Waals surface area contributed by atoms with E-state index >= 15 is 0 Å². The highest BCUT2D eigenvalue weighted by atomic mass is 32.1. The molecule has 4 aromatic rings. The molecular formula is C32H36N6O3S. The van der Waals surface area contributed by atoms with Gasteiger partial charge in [-0.1, -0.05) is 29.6 Å². The van der Waals surface area contributed by atoms with Crippen LogP contribution in [0.3, 0.4) is 0 Å². The Kier molecular flexibility index (Phi) is 12.2. The van der Waals surface area contributed by atoms with Gasteiger partial charge in [-0.15, -0.1) is 12.8 Å². The van der Waals surface area contributed by atoms with E-state index in [-0.39, 0.29) is 5.91 Å². The summed E-state index contributed by atoms with van der Waals surface area (Å²) in [5.74, 6) is 2.13. The minimum absolute atomic E-state index is 0.0439. The molecule has 3 heterocycles. The Bertz CT molecular complexity index is 1560. The van der Waals surface area contributed by atoms with Gasteiger partial charge in [-0.2, -0.15) is 0 Å². The number of nitrogens with one attached hydrogen (secondary N) is 1. The number of thiazole rings is 1. The van der Waals surface area contributed by atoms with Crippen molar-refractivity contribution in [2.24, 2.45) is 0 Å². The summed E-state index contributed by atoms with van der Waals surface area (Å²) in [6.45, 7) is 9.25. The van der Waals surface area contributed by atoms with Crippen LogP contribution in [0.4, 0.5) is 11.5 Å². The first-order valence-electron chi connectivity index (χ1n) is 13.4. The summed E-state index contributed by atoms with van der Waals surface area (Å²) in [5, 5.41) is 4.24. The zero-order valence-corrected chi connectivity index (χ0v) is 25.4. The largest absolute Gasteiger partial charge is 0.455 e. The van der Waals surface area contributed by atoms with Crippen molar-refractivity contribution in [3.8, 4) is 24.3 Å². The average Bonchev–Trinajstić information content (AvgIpc) is 3.43. The maximum atomic E-state index is 11.8. The minimum atomic E-state index is 0.0439. The molecule has 0 aliphatic rings. The number of carbonyl (C=O) groups is 1. The number of rotatable bonds is 12. The van der Waals surface area contributed by atoms with Crippen LogP contribution < -0.4 is 10.1 Å². The molecule has 0 radical (unpaired) electrons. The molecule has 0 atom stereocenters. The van der Waals surface area contributed by atoms with Crippen LogP contribution in [0.5, 0.6) is 11.5 Å². The molecule has 0 saturated heterocycles. The number of ether oxygens (including phenoxy) is 2. The summed E-state index contributed by atoms with van der Waals surface area (Å²) in [6.07, 6.45) is 18.1. The maximum Gasteiger partial charge on any atom is 0.219 e. The Balaban J connectivity index is 0.00000237. The zero-order chi connectivity index (χ0) is 30.5. The van der Waals surface area contributed by atoms with Gasteiger partial charge in [0, 0.05) is 44.1 Å². The molecule has 9 nitrogen and oxygen atoms in total. The molecular weight excluding hydrogens is 548 g/mol. The number of hydrogen-bond donors (Lipinski definition) is 1. The summed E-state index contributed by atoms with van der Waals surface area (Å²) < 4.78 is 11.1. The molecule has 0 spiro atoms. The number of methoxy groups -OCH3 is 1. The van der Waals surface area contributed by atoms with Crippen LogP contribution in [0.15, 0.2) is 61.1 Å². The molecule has 0 saturated carbocycles. The lowest BCUT2D eigenvalue weighted by atomic mass is 10.2. The van der Waals surface area contributed by atoms with E-state index in [1.54, 1.807) is 31.5 Å². The van der Waals surface area contributed by atoms with E-state index in [1.807, 2.05) is 63.3 Å². The second-order valence-corrected chi connectivity index (χ2v) is 10.1. The predicted molar refractivity (Wildman–Crippen MR) is 170 cm³/mol. The number of amides is 1. The molecule has 3 aromatic heterocycles. The Labute approximate surface area is 251 Å². The topological polar surface area (TPSA) is 102 Å². The predicted octanol–water partition coefficient (Wildman–Crippen LogP) is 6.73. The second kappa shape index (κ2) is 16.0. The van der Waals surface area contributed by atoms with Crippen molar-refractivity contribution < 1.29 is 14.3 Å². The van der Waals surface area contributed by atoms with Gasteiger partial charge in [-0.25, -0.2) is 15.0 Å². The molecule has 0 aliphatic heterocycles. The first kappa shape index (κ1) is 31.9. The Morgan fingerprint density at radius 2 is 1.93 bits per heavy atom. The van der Waals surface area contributed by atoms with E-state index in [9.17, 15) is 4.79 Å². The van der Waals surface area contributed by atoms with Crippen molar-refractivity contribution >= 4 is 44.7 Å². The first-order chi connectivity index (χ1) is 20.4.